The Balaban J connectivity index is 2.25. The summed E-state index contributed by atoms with van der Waals surface area (Å²) < 4.78 is 5.17. The lowest BCUT2D eigenvalue weighted by Crippen LogP contribution is -2.46. The van der Waals surface area contributed by atoms with Crippen molar-refractivity contribution < 1.29 is 19.2 Å². The van der Waals surface area contributed by atoms with E-state index in [0.29, 0.717) is 5.03 Å². The van der Waals surface area contributed by atoms with Crippen LogP contribution < -0.4 is 0 Å². The van der Waals surface area contributed by atoms with E-state index in [1.165, 1.54) is 34.9 Å². The Kier molecular flexibility index (Phi) is 7.28. The van der Waals surface area contributed by atoms with Gasteiger partial charge in [0.25, 0.3) is 5.69 Å². The fourth-order valence-electron chi connectivity index (χ4n) is 3.83. The molecule has 32 heavy (non-hydrogen) atoms. The van der Waals surface area contributed by atoms with E-state index in [0.717, 1.165) is 5.56 Å². The van der Waals surface area contributed by atoms with Crippen molar-refractivity contribution >= 4 is 29.3 Å². The van der Waals surface area contributed by atoms with Crippen LogP contribution >= 0.6 is 11.8 Å². The van der Waals surface area contributed by atoms with Crippen LogP contribution in [0.1, 0.15) is 24.0 Å². The van der Waals surface area contributed by atoms with Gasteiger partial charge in [0, 0.05) is 11.6 Å². The number of esters is 1. The maximum absolute atomic E-state index is 13.6. The summed E-state index contributed by atoms with van der Waals surface area (Å²) >= 11 is 1.19. The lowest BCUT2D eigenvalue weighted by molar-refractivity contribution is -0.385. The van der Waals surface area contributed by atoms with Crippen LogP contribution in [0.2, 0.25) is 0 Å². The van der Waals surface area contributed by atoms with Gasteiger partial charge in [-0.2, -0.15) is 5.26 Å². The summed E-state index contributed by atoms with van der Waals surface area (Å²) in [7, 11) is 0. The van der Waals surface area contributed by atoms with Crippen molar-refractivity contribution in [1.29, 1.82) is 5.26 Å². The second kappa shape index (κ2) is 10.1. The molecule has 8 nitrogen and oxygen atoms in total. The van der Waals surface area contributed by atoms with Crippen molar-refractivity contribution in [2.24, 2.45) is 5.92 Å². The third-order valence-corrected chi connectivity index (χ3v) is 5.99. The van der Waals surface area contributed by atoms with Crippen molar-refractivity contribution in [3.8, 4) is 6.07 Å². The molecule has 2 atom stereocenters. The maximum Gasteiger partial charge on any atom is 0.319 e. The van der Waals surface area contributed by atoms with Gasteiger partial charge in [0.1, 0.15) is 5.92 Å². The monoisotopic (exact) mass is 451 g/mol. The quantitative estimate of drug-likeness (QED) is 0.270. The molecular weight excluding hydrogens is 430 g/mol. The number of allylic oxidation sites excluding steroid dienone is 1. The molecule has 0 spiro atoms. The fourth-order valence-corrected chi connectivity index (χ4v) is 4.60. The highest BCUT2D eigenvalue weighted by Crippen LogP contribution is 2.46. The number of nitro benzene ring substituents is 1. The standard InChI is InChI=1S/C23H21N3O5S/c1-3-31-23(28)20-19(16-11-7-8-12-18(16)26(29)30)17(13-24)22(32-2)25(21(20)27)14-15-9-5-4-6-10-15/h4-12,19-20H,3,14H2,1-2H3/t19-,20-/m0/s1. The number of thioether (sulfide) groups is 1. The Morgan fingerprint density at radius 3 is 2.47 bits per heavy atom. The third kappa shape index (κ3) is 4.36. The van der Waals surface area contributed by atoms with Gasteiger partial charge in [-0.1, -0.05) is 48.5 Å². The molecule has 0 unspecified atom stereocenters. The zero-order valence-electron chi connectivity index (χ0n) is 17.6. The summed E-state index contributed by atoms with van der Waals surface area (Å²) in [5.74, 6) is -3.90. The minimum atomic E-state index is -1.41. The number of para-hydroxylation sites is 1. The Morgan fingerprint density at radius 2 is 1.88 bits per heavy atom. The first-order valence-electron chi connectivity index (χ1n) is 9.88. The molecular formula is C23H21N3O5S. The second-order valence-corrected chi connectivity index (χ2v) is 7.76. The molecule has 0 N–H and O–H groups in total. The summed E-state index contributed by atoms with van der Waals surface area (Å²) in [6.07, 6.45) is 1.72. The molecule has 0 saturated heterocycles. The second-order valence-electron chi connectivity index (χ2n) is 6.97. The average molecular weight is 452 g/mol. The van der Waals surface area contributed by atoms with Gasteiger partial charge >= 0.3 is 5.97 Å². The maximum atomic E-state index is 13.6. The number of hydrogen-bond donors (Lipinski definition) is 0. The van der Waals surface area contributed by atoms with Gasteiger partial charge in [-0.05, 0) is 18.7 Å². The average Bonchev–Trinajstić information content (AvgIpc) is 2.80. The van der Waals surface area contributed by atoms with E-state index >= 15 is 0 Å². The normalized spacial score (nSPS) is 18.3. The number of carbonyl (C=O) groups is 2. The molecule has 0 aliphatic carbocycles. The number of nitrogens with zero attached hydrogens (tertiary/aromatic N) is 3. The summed E-state index contributed by atoms with van der Waals surface area (Å²) in [5.41, 5.74) is 0.812. The number of benzene rings is 2. The molecule has 0 radical (unpaired) electrons. The predicted molar refractivity (Wildman–Crippen MR) is 119 cm³/mol. The van der Waals surface area contributed by atoms with Crippen molar-refractivity contribution in [3.05, 3.63) is 86.4 Å². The van der Waals surface area contributed by atoms with Crippen LogP contribution in [-0.4, -0.2) is 34.6 Å². The van der Waals surface area contributed by atoms with Crippen LogP contribution in [0.5, 0.6) is 0 Å². The first kappa shape index (κ1) is 23.0. The van der Waals surface area contributed by atoms with Gasteiger partial charge in [0.15, 0.2) is 0 Å². The number of ether oxygens (including phenoxy) is 1. The van der Waals surface area contributed by atoms with Crippen molar-refractivity contribution in [2.45, 2.75) is 19.4 Å². The number of amides is 1. The molecule has 2 aromatic rings. The zero-order chi connectivity index (χ0) is 23.3. The molecule has 164 valence electrons. The Labute approximate surface area is 189 Å². The highest BCUT2D eigenvalue weighted by molar-refractivity contribution is 8.02. The lowest BCUT2D eigenvalue weighted by Gasteiger charge is -2.37. The first-order valence-corrected chi connectivity index (χ1v) is 11.1. The van der Waals surface area contributed by atoms with Gasteiger partial charge in [-0.3, -0.25) is 19.7 Å². The van der Waals surface area contributed by atoms with Gasteiger partial charge < -0.3 is 9.64 Å². The van der Waals surface area contributed by atoms with E-state index in [4.69, 9.17) is 4.74 Å². The number of nitro groups is 1. The van der Waals surface area contributed by atoms with Crippen molar-refractivity contribution in [3.63, 3.8) is 0 Å². The van der Waals surface area contributed by atoms with E-state index in [2.05, 4.69) is 6.07 Å². The Bertz CT molecular complexity index is 1110. The number of nitriles is 1. The van der Waals surface area contributed by atoms with E-state index < -0.39 is 28.6 Å². The molecule has 1 amide bonds. The molecule has 3 rings (SSSR count). The summed E-state index contributed by atoms with van der Waals surface area (Å²) in [6.45, 7) is 1.80. The minimum Gasteiger partial charge on any atom is -0.465 e. The van der Waals surface area contributed by atoms with Crippen molar-refractivity contribution in [1.82, 2.24) is 4.90 Å². The molecule has 2 aromatic carbocycles. The topological polar surface area (TPSA) is 114 Å². The molecule has 0 bridgehead atoms. The third-order valence-electron chi connectivity index (χ3n) is 5.16. The molecule has 1 aliphatic heterocycles. The summed E-state index contributed by atoms with van der Waals surface area (Å²) in [5, 5.41) is 22.1. The number of hydrogen-bond acceptors (Lipinski definition) is 7. The Hall–Kier alpha value is -3.64. The molecule has 0 saturated carbocycles. The molecule has 0 aromatic heterocycles. The highest BCUT2D eigenvalue weighted by atomic mass is 32.2. The number of carbonyl (C=O) groups excluding carboxylic acids is 2. The lowest BCUT2D eigenvalue weighted by atomic mass is 9.77. The van der Waals surface area contributed by atoms with Crippen LogP contribution in [-0.2, 0) is 20.9 Å². The molecule has 1 heterocycles. The van der Waals surface area contributed by atoms with Crippen LogP contribution in [0, 0.1) is 27.4 Å². The first-order chi connectivity index (χ1) is 15.4. The number of rotatable bonds is 7. The minimum absolute atomic E-state index is 0.0336. The van der Waals surface area contributed by atoms with Crippen LogP contribution in [0.3, 0.4) is 0 Å². The SMILES string of the molecule is CCOC(=O)[C@@H]1C(=O)N(Cc2ccccc2)C(SC)=C(C#N)[C@@H]1c1ccccc1[N+](=O)[O-]. The molecule has 9 heteroatoms. The van der Waals surface area contributed by atoms with Gasteiger partial charge in [-0.25, -0.2) is 0 Å². The summed E-state index contributed by atoms with van der Waals surface area (Å²) in [4.78, 5) is 39.1. The molecule has 0 fully saturated rings. The van der Waals surface area contributed by atoms with Crippen molar-refractivity contribution in [2.75, 3.05) is 12.9 Å². The smallest absolute Gasteiger partial charge is 0.319 e. The molecule has 1 aliphatic rings. The van der Waals surface area contributed by atoms with E-state index in [-0.39, 0.29) is 30.0 Å². The highest BCUT2D eigenvalue weighted by Gasteiger charge is 2.49. The summed E-state index contributed by atoms with van der Waals surface area (Å²) in [6, 6.07) is 17.2. The fraction of sp³-hybridized carbons (Fsp3) is 0.261. The van der Waals surface area contributed by atoms with Crippen LogP contribution in [0.25, 0.3) is 0 Å². The van der Waals surface area contributed by atoms with Crippen LogP contribution in [0.4, 0.5) is 5.69 Å². The van der Waals surface area contributed by atoms with Crippen LogP contribution in [0.15, 0.2) is 65.2 Å². The van der Waals surface area contributed by atoms with Gasteiger partial charge in [-0.15, -0.1) is 11.8 Å². The van der Waals surface area contributed by atoms with Gasteiger partial charge in [0.05, 0.1) is 40.7 Å². The van der Waals surface area contributed by atoms with Gasteiger partial charge in [0.2, 0.25) is 5.91 Å². The van der Waals surface area contributed by atoms with E-state index in [9.17, 15) is 25.0 Å². The van der Waals surface area contributed by atoms with E-state index in [1.54, 1.807) is 19.2 Å². The predicted octanol–water partition coefficient (Wildman–Crippen LogP) is 4.00. The zero-order valence-corrected chi connectivity index (χ0v) is 18.4. The Morgan fingerprint density at radius 1 is 1.22 bits per heavy atom. The largest absolute Gasteiger partial charge is 0.465 e. The van der Waals surface area contributed by atoms with E-state index in [1.807, 2.05) is 30.3 Å².